The highest BCUT2D eigenvalue weighted by Crippen LogP contribution is 2.28. The second kappa shape index (κ2) is 7.33. The minimum absolute atomic E-state index is 0.261. The summed E-state index contributed by atoms with van der Waals surface area (Å²) in [6, 6.07) is 6.16. The topological polar surface area (TPSA) is 47.0 Å². The van der Waals surface area contributed by atoms with E-state index >= 15 is 0 Å². The number of ether oxygens (including phenoxy) is 1. The van der Waals surface area contributed by atoms with Crippen LogP contribution in [0.4, 0.5) is 4.39 Å². The molecule has 0 fully saturated rings. The normalized spacial score (nSPS) is 12.2. The van der Waals surface area contributed by atoms with E-state index in [-0.39, 0.29) is 11.9 Å². The minimum Gasteiger partial charge on any atom is -0.481 e. The molecule has 6 heteroatoms. The summed E-state index contributed by atoms with van der Waals surface area (Å²) >= 11 is 6.15. The number of methoxy groups -OCH3 is 1. The van der Waals surface area contributed by atoms with Crippen LogP contribution in [0.3, 0.4) is 0 Å². The molecule has 112 valence electrons. The Morgan fingerprint density at radius 2 is 2.19 bits per heavy atom. The van der Waals surface area contributed by atoms with Gasteiger partial charge >= 0.3 is 0 Å². The third kappa shape index (κ3) is 3.89. The van der Waals surface area contributed by atoms with Crippen LogP contribution < -0.4 is 10.1 Å². The Kier molecular flexibility index (Phi) is 5.47. The van der Waals surface area contributed by atoms with E-state index in [1.54, 1.807) is 25.3 Å². The number of halogens is 2. The second-order valence-electron chi connectivity index (χ2n) is 4.50. The molecule has 0 radical (unpaired) electrons. The highest BCUT2D eigenvalue weighted by atomic mass is 35.5. The fourth-order valence-corrected chi connectivity index (χ4v) is 2.47. The van der Waals surface area contributed by atoms with Crippen molar-refractivity contribution in [3.05, 3.63) is 52.7 Å². The van der Waals surface area contributed by atoms with Crippen molar-refractivity contribution in [1.29, 1.82) is 0 Å². The van der Waals surface area contributed by atoms with Gasteiger partial charge in [0.05, 0.1) is 7.11 Å². The first kappa shape index (κ1) is 15.7. The molecule has 2 aromatic rings. The van der Waals surface area contributed by atoms with Crippen LogP contribution in [-0.2, 0) is 6.42 Å². The Morgan fingerprint density at radius 3 is 2.86 bits per heavy atom. The first-order valence-electron chi connectivity index (χ1n) is 6.68. The van der Waals surface area contributed by atoms with Crippen LogP contribution in [0.2, 0.25) is 5.02 Å². The van der Waals surface area contributed by atoms with Crippen molar-refractivity contribution in [3.63, 3.8) is 0 Å². The van der Waals surface area contributed by atoms with Crippen LogP contribution in [0.25, 0.3) is 0 Å². The molecule has 21 heavy (non-hydrogen) atoms. The van der Waals surface area contributed by atoms with Crippen molar-refractivity contribution < 1.29 is 9.13 Å². The number of benzene rings is 1. The molecule has 0 aliphatic carbocycles. The highest BCUT2D eigenvalue weighted by Gasteiger charge is 2.19. The number of nitrogens with one attached hydrogen (secondary N) is 1. The molecule has 0 aliphatic rings. The predicted molar refractivity (Wildman–Crippen MR) is 80.1 cm³/mol. The van der Waals surface area contributed by atoms with E-state index in [1.807, 2.05) is 6.92 Å². The number of rotatable bonds is 6. The molecule has 1 aromatic heterocycles. The number of hydrogen-bond donors (Lipinski definition) is 1. The van der Waals surface area contributed by atoms with E-state index in [0.29, 0.717) is 29.4 Å². The van der Waals surface area contributed by atoms with Crippen LogP contribution in [0.5, 0.6) is 5.88 Å². The van der Waals surface area contributed by atoms with Gasteiger partial charge in [-0.15, -0.1) is 0 Å². The average molecular weight is 310 g/mol. The molecule has 0 bridgehead atoms. The maximum Gasteiger partial charge on any atom is 0.216 e. The Labute approximate surface area is 128 Å². The molecule has 1 atom stereocenters. The summed E-state index contributed by atoms with van der Waals surface area (Å²) < 4.78 is 19.2. The van der Waals surface area contributed by atoms with Crippen LogP contribution in [0, 0.1) is 5.82 Å². The lowest BCUT2D eigenvalue weighted by Gasteiger charge is -2.20. The zero-order valence-electron chi connectivity index (χ0n) is 11.9. The maximum atomic E-state index is 14.1. The van der Waals surface area contributed by atoms with Crippen LogP contribution in [0.15, 0.2) is 30.6 Å². The summed E-state index contributed by atoms with van der Waals surface area (Å²) in [5.74, 6) is 0.157. The van der Waals surface area contributed by atoms with Crippen molar-refractivity contribution in [2.24, 2.45) is 0 Å². The predicted octanol–water partition coefficient (Wildman–Crippen LogP) is 3.17. The van der Waals surface area contributed by atoms with E-state index < -0.39 is 0 Å². The Bertz CT molecular complexity index is 589. The largest absolute Gasteiger partial charge is 0.481 e. The molecule has 1 unspecified atom stereocenters. The van der Waals surface area contributed by atoms with Gasteiger partial charge in [0.15, 0.2) is 0 Å². The average Bonchev–Trinajstić information content (AvgIpc) is 2.47. The van der Waals surface area contributed by atoms with Crippen molar-refractivity contribution in [3.8, 4) is 5.88 Å². The number of aromatic nitrogens is 2. The molecule has 1 N–H and O–H groups in total. The molecule has 1 aromatic carbocycles. The first-order chi connectivity index (χ1) is 10.2. The van der Waals surface area contributed by atoms with Gasteiger partial charge in [-0.3, -0.25) is 0 Å². The van der Waals surface area contributed by atoms with E-state index in [1.165, 1.54) is 12.4 Å². The Morgan fingerprint density at radius 1 is 1.38 bits per heavy atom. The molecule has 0 amide bonds. The van der Waals surface area contributed by atoms with E-state index in [4.69, 9.17) is 16.3 Å². The maximum absolute atomic E-state index is 14.1. The van der Waals surface area contributed by atoms with Gasteiger partial charge in [0.25, 0.3) is 0 Å². The van der Waals surface area contributed by atoms with Gasteiger partial charge in [-0.25, -0.2) is 14.4 Å². The van der Waals surface area contributed by atoms with Crippen LogP contribution in [-0.4, -0.2) is 23.6 Å². The number of likely N-dealkylation sites (N-methyl/N-ethyl adjacent to an activating group) is 1. The van der Waals surface area contributed by atoms with Crippen molar-refractivity contribution in [2.75, 3.05) is 13.7 Å². The van der Waals surface area contributed by atoms with Gasteiger partial charge < -0.3 is 10.1 Å². The van der Waals surface area contributed by atoms with Gasteiger partial charge in [0.1, 0.15) is 12.1 Å². The van der Waals surface area contributed by atoms with Crippen LogP contribution >= 0.6 is 11.6 Å². The van der Waals surface area contributed by atoms with Crippen molar-refractivity contribution >= 4 is 11.6 Å². The third-order valence-electron chi connectivity index (χ3n) is 3.12. The zero-order chi connectivity index (χ0) is 15.2. The highest BCUT2D eigenvalue weighted by molar-refractivity contribution is 6.31. The lowest BCUT2D eigenvalue weighted by molar-refractivity contribution is 0.395. The molecular weight excluding hydrogens is 293 g/mol. The first-order valence-corrected chi connectivity index (χ1v) is 7.05. The van der Waals surface area contributed by atoms with Gasteiger partial charge in [-0.2, -0.15) is 0 Å². The smallest absolute Gasteiger partial charge is 0.216 e. The van der Waals surface area contributed by atoms with Gasteiger partial charge in [0.2, 0.25) is 5.88 Å². The summed E-state index contributed by atoms with van der Waals surface area (Å²) in [4.78, 5) is 8.16. The SMILES string of the molecule is CCNC(Cc1cc(OC)ncn1)c1c(F)cccc1Cl. The van der Waals surface area contributed by atoms with Gasteiger partial charge in [-0.1, -0.05) is 24.6 Å². The molecular formula is C15H17ClFN3O. The van der Waals surface area contributed by atoms with Gasteiger partial charge in [-0.05, 0) is 18.7 Å². The summed E-state index contributed by atoms with van der Waals surface area (Å²) in [6.45, 7) is 2.65. The van der Waals surface area contributed by atoms with E-state index in [2.05, 4.69) is 15.3 Å². The van der Waals surface area contributed by atoms with E-state index in [9.17, 15) is 4.39 Å². The minimum atomic E-state index is -0.325. The zero-order valence-corrected chi connectivity index (χ0v) is 12.7. The van der Waals surface area contributed by atoms with Crippen LogP contribution in [0.1, 0.15) is 24.2 Å². The Hall–Kier alpha value is -1.72. The molecule has 1 heterocycles. The van der Waals surface area contributed by atoms with E-state index in [0.717, 1.165) is 5.69 Å². The standard InChI is InChI=1S/C15H17ClFN3O/c1-3-18-13(15-11(16)5-4-6-12(15)17)7-10-8-14(21-2)20-9-19-10/h4-6,8-9,13,18H,3,7H2,1-2H3. The summed E-state index contributed by atoms with van der Waals surface area (Å²) in [6.07, 6.45) is 1.92. The van der Waals surface area contributed by atoms with Gasteiger partial charge in [0, 0.05) is 34.8 Å². The van der Waals surface area contributed by atoms with Crippen molar-refractivity contribution in [1.82, 2.24) is 15.3 Å². The quantitative estimate of drug-likeness (QED) is 0.890. The summed E-state index contributed by atoms with van der Waals surface area (Å²) in [7, 11) is 1.54. The lowest BCUT2D eigenvalue weighted by atomic mass is 10.0. The molecule has 4 nitrogen and oxygen atoms in total. The molecule has 2 rings (SSSR count). The Balaban J connectivity index is 2.30. The summed E-state index contributed by atoms with van der Waals surface area (Å²) in [5.41, 5.74) is 1.21. The summed E-state index contributed by atoms with van der Waals surface area (Å²) in [5, 5.41) is 3.65. The number of hydrogen-bond acceptors (Lipinski definition) is 4. The molecule has 0 saturated carbocycles. The fourth-order valence-electron chi connectivity index (χ4n) is 2.18. The monoisotopic (exact) mass is 309 g/mol. The molecule has 0 saturated heterocycles. The van der Waals surface area contributed by atoms with Crippen molar-refractivity contribution in [2.45, 2.75) is 19.4 Å². The third-order valence-corrected chi connectivity index (χ3v) is 3.45. The molecule has 0 spiro atoms. The fraction of sp³-hybridized carbons (Fsp3) is 0.333. The number of nitrogens with zero attached hydrogens (tertiary/aromatic N) is 2. The molecule has 0 aliphatic heterocycles. The lowest BCUT2D eigenvalue weighted by Crippen LogP contribution is -2.24. The second-order valence-corrected chi connectivity index (χ2v) is 4.91.